The largest absolute Gasteiger partial charge is 0.394 e. The topological polar surface area (TPSA) is 106 Å². The molecule has 104 valence electrons. The van der Waals surface area contributed by atoms with Gasteiger partial charge in [-0.25, -0.2) is 10.5 Å². The minimum atomic E-state index is -1.29. The van der Waals surface area contributed by atoms with Gasteiger partial charge in [-0.2, -0.15) is 0 Å². The Morgan fingerprint density at radius 2 is 2.00 bits per heavy atom. The number of guanidine groups is 1. The summed E-state index contributed by atoms with van der Waals surface area (Å²) in [5, 5.41) is 30.8. The van der Waals surface area contributed by atoms with Crippen molar-refractivity contribution in [3.05, 3.63) is 35.9 Å². The summed E-state index contributed by atoms with van der Waals surface area (Å²) in [5.74, 6) is 0.174. The lowest BCUT2D eigenvalue weighted by atomic mass is 10.1. The fraction of sp³-hybridized carbons (Fsp3) is 0.417. The van der Waals surface area contributed by atoms with Gasteiger partial charge in [-0.3, -0.25) is 4.84 Å². The average Bonchev–Trinajstić information content (AvgIpc) is 2.43. The lowest BCUT2D eigenvalue weighted by Crippen LogP contribution is -2.58. The van der Waals surface area contributed by atoms with Gasteiger partial charge in [0.2, 0.25) is 5.96 Å². The highest BCUT2D eigenvalue weighted by Crippen LogP contribution is 2.06. The maximum absolute atomic E-state index is 9.51. The van der Waals surface area contributed by atoms with Gasteiger partial charge in [0.1, 0.15) is 6.10 Å². The first-order chi connectivity index (χ1) is 9.20. The van der Waals surface area contributed by atoms with Crippen LogP contribution in [0.3, 0.4) is 0 Å². The van der Waals surface area contributed by atoms with Gasteiger partial charge >= 0.3 is 0 Å². The third-order valence-corrected chi connectivity index (χ3v) is 2.75. The van der Waals surface area contributed by atoms with E-state index in [2.05, 4.69) is 15.8 Å². The second-order valence-electron chi connectivity index (χ2n) is 4.19. The fourth-order valence-corrected chi connectivity index (χ4v) is 1.69. The Kier molecular flexibility index (Phi) is 4.69. The molecule has 5 N–H and O–H groups in total. The van der Waals surface area contributed by atoms with Crippen LogP contribution in [0.2, 0.25) is 0 Å². The highest BCUT2D eigenvalue weighted by molar-refractivity contribution is 5.80. The van der Waals surface area contributed by atoms with E-state index in [0.717, 1.165) is 5.56 Å². The summed E-state index contributed by atoms with van der Waals surface area (Å²) in [6.07, 6.45) is -2.44. The number of hydrogen-bond donors (Lipinski definition) is 5. The molecule has 7 nitrogen and oxygen atoms in total. The number of rotatable bonds is 4. The van der Waals surface area contributed by atoms with Gasteiger partial charge in [-0.1, -0.05) is 30.3 Å². The molecule has 1 unspecified atom stereocenters. The average molecular weight is 267 g/mol. The zero-order chi connectivity index (χ0) is 13.7. The number of hydroxylamine groups is 1. The molecule has 2 rings (SSSR count). The van der Waals surface area contributed by atoms with Crippen molar-refractivity contribution in [2.75, 3.05) is 6.61 Å². The van der Waals surface area contributed by atoms with Crippen molar-refractivity contribution in [1.82, 2.24) is 10.8 Å². The summed E-state index contributed by atoms with van der Waals surface area (Å²) in [5.41, 5.74) is 3.52. The third kappa shape index (κ3) is 3.65. The van der Waals surface area contributed by atoms with E-state index in [9.17, 15) is 10.2 Å². The van der Waals surface area contributed by atoms with Crippen LogP contribution in [-0.2, 0) is 11.4 Å². The van der Waals surface area contributed by atoms with Gasteiger partial charge in [0, 0.05) is 0 Å². The molecular weight excluding hydrogens is 250 g/mol. The molecule has 0 saturated heterocycles. The quantitative estimate of drug-likeness (QED) is 0.435. The second-order valence-corrected chi connectivity index (χ2v) is 4.19. The first kappa shape index (κ1) is 13.8. The molecule has 0 radical (unpaired) electrons. The van der Waals surface area contributed by atoms with Crippen LogP contribution in [0.25, 0.3) is 0 Å². The lowest BCUT2D eigenvalue weighted by Gasteiger charge is -2.30. The summed E-state index contributed by atoms with van der Waals surface area (Å²) in [6.45, 7) is 0.00158. The van der Waals surface area contributed by atoms with Crippen LogP contribution in [0.4, 0.5) is 0 Å². The van der Waals surface area contributed by atoms with Crippen molar-refractivity contribution >= 4 is 5.96 Å². The van der Waals surface area contributed by atoms with E-state index in [0.29, 0.717) is 6.61 Å². The SMILES string of the molecule is OC[C@H]1NC(NOCc2ccccc2)=NC(O)[C@H]1O. The maximum atomic E-state index is 9.51. The predicted molar refractivity (Wildman–Crippen MR) is 67.8 cm³/mol. The Balaban J connectivity index is 1.84. The smallest absolute Gasteiger partial charge is 0.218 e. The van der Waals surface area contributed by atoms with Crippen molar-refractivity contribution in [2.45, 2.75) is 25.0 Å². The Morgan fingerprint density at radius 1 is 1.26 bits per heavy atom. The van der Waals surface area contributed by atoms with Crippen molar-refractivity contribution in [3.8, 4) is 0 Å². The molecule has 0 saturated carbocycles. The summed E-state index contributed by atoms with van der Waals surface area (Å²) in [6, 6.07) is 8.84. The standard InChI is InChI=1S/C12H17N3O4/c16-6-9-10(17)11(18)14-12(13-9)15-19-7-8-4-2-1-3-5-8/h1-5,9-11,16-18H,6-7H2,(H2,13,14,15)/t9-,10+,11?/m1/s1. The van der Waals surface area contributed by atoms with Crippen LogP contribution in [0.15, 0.2) is 35.3 Å². The monoisotopic (exact) mass is 267 g/mol. The number of benzene rings is 1. The molecule has 19 heavy (non-hydrogen) atoms. The molecule has 1 aliphatic heterocycles. The molecule has 0 bridgehead atoms. The summed E-state index contributed by atoms with van der Waals surface area (Å²) in [4.78, 5) is 8.97. The number of nitrogens with one attached hydrogen (secondary N) is 2. The van der Waals surface area contributed by atoms with Crippen LogP contribution in [-0.4, -0.2) is 46.3 Å². The van der Waals surface area contributed by atoms with Crippen molar-refractivity contribution in [1.29, 1.82) is 0 Å². The van der Waals surface area contributed by atoms with E-state index in [-0.39, 0.29) is 12.6 Å². The number of aliphatic hydroxyl groups excluding tert-OH is 3. The van der Waals surface area contributed by atoms with Gasteiger partial charge in [0.25, 0.3) is 0 Å². The lowest BCUT2D eigenvalue weighted by molar-refractivity contribution is -0.0197. The van der Waals surface area contributed by atoms with E-state index < -0.39 is 18.4 Å². The Labute approximate surface area is 110 Å². The minimum Gasteiger partial charge on any atom is -0.394 e. The molecule has 1 aromatic carbocycles. The Bertz CT molecular complexity index is 426. The molecule has 1 aliphatic rings. The normalized spacial score (nSPS) is 26.5. The zero-order valence-electron chi connectivity index (χ0n) is 10.2. The summed E-state index contributed by atoms with van der Waals surface area (Å²) >= 11 is 0. The molecule has 1 aromatic rings. The van der Waals surface area contributed by atoms with Gasteiger partial charge < -0.3 is 20.6 Å². The van der Waals surface area contributed by atoms with E-state index in [1.807, 2.05) is 30.3 Å². The molecule has 0 aromatic heterocycles. The van der Waals surface area contributed by atoms with Gasteiger partial charge in [-0.05, 0) is 5.56 Å². The maximum Gasteiger partial charge on any atom is 0.218 e. The van der Waals surface area contributed by atoms with Crippen LogP contribution < -0.4 is 10.8 Å². The predicted octanol–water partition coefficient (Wildman–Crippen LogP) is -1.29. The first-order valence-corrected chi connectivity index (χ1v) is 5.94. The van der Waals surface area contributed by atoms with E-state index >= 15 is 0 Å². The number of hydrogen-bond acceptors (Lipinski definition) is 7. The second kappa shape index (κ2) is 6.48. The van der Waals surface area contributed by atoms with Gasteiger partial charge in [-0.15, -0.1) is 0 Å². The van der Waals surface area contributed by atoms with Gasteiger partial charge in [0.15, 0.2) is 6.23 Å². The van der Waals surface area contributed by atoms with Crippen molar-refractivity contribution in [3.63, 3.8) is 0 Å². The van der Waals surface area contributed by atoms with Crippen LogP contribution in [0.1, 0.15) is 5.56 Å². The number of aliphatic hydroxyl groups is 3. The highest BCUT2D eigenvalue weighted by Gasteiger charge is 2.31. The third-order valence-electron chi connectivity index (χ3n) is 2.75. The molecule has 3 atom stereocenters. The summed E-state index contributed by atoms with van der Waals surface area (Å²) < 4.78 is 0. The van der Waals surface area contributed by atoms with Crippen LogP contribution in [0, 0.1) is 0 Å². The number of nitrogens with zero attached hydrogens (tertiary/aromatic N) is 1. The summed E-state index contributed by atoms with van der Waals surface area (Å²) in [7, 11) is 0. The molecule has 0 fully saturated rings. The first-order valence-electron chi connectivity index (χ1n) is 5.94. The number of aliphatic imine (C=N–C) groups is 1. The Morgan fingerprint density at radius 3 is 2.68 bits per heavy atom. The van der Waals surface area contributed by atoms with Crippen LogP contribution in [0.5, 0.6) is 0 Å². The highest BCUT2D eigenvalue weighted by atomic mass is 16.6. The van der Waals surface area contributed by atoms with Crippen LogP contribution >= 0.6 is 0 Å². The fourth-order valence-electron chi connectivity index (χ4n) is 1.69. The van der Waals surface area contributed by atoms with Crippen molar-refractivity contribution in [2.24, 2.45) is 4.99 Å². The zero-order valence-corrected chi connectivity index (χ0v) is 10.2. The molecule has 1 heterocycles. The van der Waals surface area contributed by atoms with Gasteiger partial charge in [0.05, 0.1) is 19.3 Å². The molecule has 0 amide bonds. The molecule has 7 heteroatoms. The molecule has 0 aliphatic carbocycles. The Hall–Kier alpha value is -1.67. The minimum absolute atomic E-state index is 0.174. The molecular formula is C12H17N3O4. The molecule has 0 spiro atoms. The van der Waals surface area contributed by atoms with E-state index in [4.69, 9.17) is 9.94 Å². The van der Waals surface area contributed by atoms with E-state index in [1.165, 1.54) is 0 Å². The van der Waals surface area contributed by atoms with E-state index in [1.54, 1.807) is 0 Å². The van der Waals surface area contributed by atoms with Crippen molar-refractivity contribution < 1.29 is 20.2 Å².